The molecule has 1 amide bonds. The highest BCUT2D eigenvalue weighted by Gasteiger charge is 2.13. The van der Waals surface area contributed by atoms with Gasteiger partial charge in [0, 0.05) is 23.3 Å². The zero-order valence-electron chi connectivity index (χ0n) is 19.5. The highest BCUT2D eigenvalue weighted by atomic mass is 35.5. The molecule has 36 heavy (non-hydrogen) atoms. The number of nitrogens with zero attached hydrogens (tertiary/aromatic N) is 2. The largest absolute Gasteiger partial charge is 0.497 e. The van der Waals surface area contributed by atoms with Crippen molar-refractivity contribution in [2.75, 3.05) is 13.7 Å². The van der Waals surface area contributed by atoms with E-state index < -0.39 is 0 Å². The highest BCUT2D eigenvalue weighted by molar-refractivity contribution is 6.36. The zero-order chi connectivity index (χ0) is 25.5. The van der Waals surface area contributed by atoms with Gasteiger partial charge in [0.1, 0.15) is 23.9 Å². The van der Waals surface area contributed by atoms with Crippen LogP contribution in [0.3, 0.4) is 0 Å². The van der Waals surface area contributed by atoms with Crippen LogP contribution in [0.4, 0.5) is 4.39 Å². The predicted octanol–water partition coefficient (Wildman–Crippen LogP) is 6.53. The number of aromatic nitrogens is 2. The Kier molecular flexibility index (Phi) is 8.41. The quantitative estimate of drug-likeness (QED) is 0.271. The molecule has 0 fully saturated rings. The van der Waals surface area contributed by atoms with Crippen molar-refractivity contribution in [2.45, 2.75) is 13.0 Å². The third-order valence-electron chi connectivity index (χ3n) is 5.52. The molecule has 0 saturated heterocycles. The molecular weight excluding hydrogens is 500 g/mol. The minimum Gasteiger partial charge on any atom is -0.497 e. The molecule has 0 radical (unpaired) electrons. The number of carbonyl (C=O) groups excluding carboxylic acids is 1. The molecule has 4 aromatic rings. The topological polar surface area (TPSA) is 56.2 Å². The van der Waals surface area contributed by atoms with Gasteiger partial charge in [0.2, 0.25) is 5.91 Å². The molecule has 0 aliphatic carbocycles. The third-order valence-corrected chi connectivity index (χ3v) is 6.07. The normalized spacial score (nSPS) is 11.1. The van der Waals surface area contributed by atoms with Crippen LogP contribution >= 0.6 is 23.2 Å². The van der Waals surface area contributed by atoms with Gasteiger partial charge in [-0.1, -0.05) is 53.5 Å². The van der Waals surface area contributed by atoms with E-state index in [1.807, 2.05) is 36.4 Å². The molecule has 0 aliphatic rings. The lowest BCUT2D eigenvalue weighted by Gasteiger charge is -2.08. The first-order valence-electron chi connectivity index (χ1n) is 11.3. The maximum Gasteiger partial charge on any atom is 0.240 e. The molecule has 0 atom stereocenters. The van der Waals surface area contributed by atoms with Crippen molar-refractivity contribution in [1.29, 1.82) is 0 Å². The third kappa shape index (κ3) is 6.74. The number of rotatable bonds is 9. The molecule has 0 aliphatic heterocycles. The van der Waals surface area contributed by atoms with Crippen molar-refractivity contribution in [3.05, 3.63) is 106 Å². The number of imidazole rings is 1. The molecule has 8 heteroatoms. The van der Waals surface area contributed by atoms with Gasteiger partial charge in [0.15, 0.2) is 0 Å². The highest BCUT2D eigenvalue weighted by Crippen LogP contribution is 2.30. The summed E-state index contributed by atoms with van der Waals surface area (Å²) in [6, 6.07) is 19.1. The van der Waals surface area contributed by atoms with Gasteiger partial charge in [-0.2, -0.15) is 0 Å². The summed E-state index contributed by atoms with van der Waals surface area (Å²) in [5.41, 5.74) is 3.25. The number of amides is 1. The average molecular weight is 524 g/mol. The minimum absolute atomic E-state index is 0.0733. The second-order valence-corrected chi connectivity index (χ2v) is 8.91. The first-order valence-corrected chi connectivity index (χ1v) is 12.0. The second kappa shape index (κ2) is 11.9. The number of nitrogens with one attached hydrogen (secondary N) is 1. The Morgan fingerprint density at radius 3 is 2.50 bits per heavy atom. The molecular formula is C28H24Cl2FN3O2. The van der Waals surface area contributed by atoms with Crippen LogP contribution < -0.4 is 10.1 Å². The fourth-order valence-corrected chi connectivity index (χ4v) is 4.12. The lowest BCUT2D eigenvalue weighted by molar-refractivity contribution is -0.121. The van der Waals surface area contributed by atoms with Crippen LogP contribution in [0.15, 0.2) is 72.9 Å². The fraction of sp³-hybridized carbons (Fsp3) is 0.143. The van der Waals surface area contributed by atoms with Gasteiger partial charge in [-0.15, -0.1) is 0 Å². The molecule has 1 N–H and O–H groups in total. The summed E-state index contributed by atoms with van der Waals surface area (Å²) in [7, 11) is 1.62. The molecule has 4 rings (SSSR count). The molecule has 0 unspecified atom stereocenters. The molecule has 0 saturated carbocycles. The lowest BCUT2D eigenvalue weighted by atomic mass is 10.1. The first-order chi connectivity index (χ1) is 17.4. The van der Waals surface area contributed by atoms with Crippen molar-refractivity contribution < 1.29 is 13.9 Å². The molecule has 0 bridgehead atoms. The second-order valence-electron chi connectivity index (χ2n) is 8.07. The van der Waals surface area contributed by atoms with Crippen LogP contribution in [-0.2, 0) is 17.8 Å². The number of halogens is 3. The number of hydrogen-bond acceptors (Lipinski definition) is 3. The standard InChI is InChI=1S/C28H24Cl2FN3O2/c1-36-23-10-4-19(5-11-23)6-13-27-33-26(24-12-7-21(29)16-25(24)30)17-34(27)18-28(35)32-15-14-20-2-8-22(31)9-3-20/h2-13,16-17H,14-15,18H2,1H3,(H,32,35)/b13-6+. The van der Waals surface area contributed by atoms with Gasteiger partial charge in [-0.05, 0) is 66.1 Å². The summed E-state index contributed by atoms with van der Waals surface area (Å²) < 4.78 is 20.1. The average Bonchev–Trinajstić information content (AvgIpc) is 3.26. The Balaban J connectivity index is 1.52. The fourth-order valence-electron chi connectivity index (χ4n) is 3.61. The number of ether oxygens (including phenoxy) is 1. The number of methoxy groups -OCH3 is 1. The van der Waals surface area contributed by atoms with Crippen molar-refractivity contribution in [2.24, 2.45) is 0 Å². The van der Waals surface area contributed by atoms with E-state index in [1.165, 1.54) is 12.1 Å². The summed E-state index contributed by atoms with van der Waals surface area (Å²) in [6.07, 6.45) is 6.16. The Morgan fingerprint density at radius 1 is 1.06 bits per heavy atom. The lowest BCUT2D eigenvalue weighted by Crippen LogP contribution is -2.29. The van der Waals surface area contributed by atoms with Gasteiger partial charge < -0.3 is 14.6 Å². The van der Waals surface area contributed by atoms with Gasteiger partial charge in [-0.3, -0.25) is 4.79 Å². The number of benzene rings is 3. The van der Waals surface area contributed by atoms with Crippen molar-refractivity contribution in [3.63, 3.8) is 0 Å². The van der Waals surface area contributed by atoms with Crippen molar-refractivity contribution in [1.82, 2.24) is 14.9 Å². The van der Waals surface area contributed by atoms with E-state index in [-0.39, 0.29) is 18.3 Å². The van der Waals surface area contributed by atoms with Crippen molar-refractivity contribution >= 4 is 41.3 Å². The molecule has 3 aromatic carbocycles. The number of hydrogen-bond donors (Lipinski definition) is 1. The van der Waals surface area contributed by atoms with Crippen LogP contribution in [0.5, 0.6) is 5.75 Å². The van der Waals surface area contributed by atoms with E-state index in [0.29, 0.717) is 34.5 Å². The number of carbonyl (C=O) groups is 1. The van der Waals surface area contributed by atoms with Crippen LogP contribution in [0.2, 0.25) is 10.0 Å². The van der Waals surface area contributed by atoms with Crippen LogP contribution in [-0.4, -0.2) is 29.1 Å². The van der Waals surface area contributed by atoms with Crippen LogP contribution in [0, 0.1) is 5.82 Å². The maximum atomic E-state index is 13.1. The van der Waals surface area contributed by atoms with Gasteiger partial charge in [0.25, 0.3) is 0 Å². The minimum atomic E-state index is -0.283. The van der Waals surface area contributed by atoms with E-state index in [4.69, 9.17) is 32.9 Å². The Bertz CT molecular complexity index is 1370. The smallest absolute Gasteiger partial charge is 0.240 e. The van der Waals surface area contributed by atoms with E-state index in [9.17, 15) is 9.18 Å². The molecule has 1 heterocycles. The molecule has 0 spiro atoms. The monoisotopic (exact) mass is 523 g/mol. The van der Waals surface area contributed by atoms with Crippen LogP contribution in [0.25, 0.3) is 23.4 Å². The van der Waals surface area contributed by atoms with E-state index >= 15 is 0 Å². The Labute approximate surface area is 219 Å². The zero-order valence-corrected chi connectivity index (χ0v) is 21.1. The SMILES string of the molecule is COc1ccc(/C=C/c2nc(-c3ccc(Cl)cc3Cl)cn2CC(=O)NCCc2ccc(F)cc2)cc1. The van der Waals surface area contributed by atoms with Gasteiger partial charge >= 0.3 is 0 Å². The summed E-state index contributed by atoms with van der Waals surface area (Å²) in [4.78, 5) is 17.4. The van der Waals surface area contributed by atoms with E-state index in [1.54, 1.807) is 48.2 Å². The van der Waals surface area contributed by atoms with E-state index in [2.05, 4.69) is 5.32 Å². The van der Waals surface area contributed by atoms with Gasteiger partial charge in [-0.25, -0.2) is 9.37 Å². The van der Waals surface area contributed by atoms with Gasteiger partial charge in [0.05, 0.1) is 17.8 Å². The summed E-state index contributed by atoms with van der Waals surface area (Å²) in [6.45, 7) is 0.510. The van der Waals surface area contributed by atoms with Crippen LogP contribution in [0.1, 0.15) is 17.0 Å². The molecule has 1 aromatic heterocycles. The van der Waals surface area contributed by atoms with E-state index in [0.717, 1.165) is 22.4 Å². The predicted molar refractivity (Wildman–Crippen MR) is 143 cm³/mol. The molecule has 5 nitrogen and oxygen atoms in total. The first kappa shape index (κ1) is 25.5. The Hall–Kier alpha value is -3.61. The molecule has 184 valence electrons. The summed E-state index contributed by atoms with van der Waals surface area (Å²) in [5, 5.41) is 3.92. The summed E-state index contributed by atoms with van der Waals surface area (Å²) >= 11 is 12.5. The van der Waals surface area contributed by atoms with Crippen molar-refractivity contribution in [3.8, 4) is 17.0 Å². The maximum absolute atomic E-state index is 13.1. The Morgan fingerprint density at radius 2 is 1.81 bits per heavy atom. The summed E-state index contributed by atoms with van der Waals surface area (Å²) in [5.74, 6) is 0.920.